The van der Waals surface area contributed by atoms with E-state index >= 15 is 0 Å². The van der Waals surface area contributed by atoms with Crippen molar-refractivity contribution in [1.82, 2.24) is 4.90 Å². The molecule has 0 radical (unpaired) electrons. The Bertz CT molecular complexity index is 692. The Morgan fingerprint density at radius 1 is 0.808 bits per heavy atom. The van der Waals surface area contributed by atoms with Gasteiger partial charge in [0.05, 0.1) is 18.2 Å². The van der Waals surface area contributed by atoms with Gasteiger partial charge in [0.25, 0.3) is 0 Å². The molecule has 1 aliphatic rings. The summed E-state index contributed by atoms with van der Waals surface area (Å²) in [6, 6.07) is 18.0. The Labute approximate surface area is 157 Å². The normalized spacial score (nSPS) is 15.2. The van der Waals surface area contributed by atoms with Gasteiger partial charge >= 0.3 is 0 Å². The van der Waals surface area contributed by atoms with Gasteiger partial charge in [0, 0.05) is 0 Å². The Kier molecular flexibility index (Phi) is 7.10. The molecule has 1 saturated heterocycles. The maximum atomic E-state index is 8.87. The van der Waals surface area contributed by atoms with E-state index in [-0.39, 0.29) is 0 Å². The lowest BCUT2D eigenvalue weighted by Crippen LogP contribution is -2.25. The first-order chi connectivity index (χ1) is 12.8. The first-order valence-corrected chi connectivity index (χ1v) is 9.81. The summed E-state index contributed by atoms with van der Waals surface area (Å²) in [5.74, 6) is 0.928. The minimum absolute atomic E-state index is 0.689. The zero-order chi connectivity index (χ0) is 18.0. The molecule has 0 N–H and O–H groups in total. The van der Waals surface area contributed by atoms with Crippen molar-refractivity contribution in [3.63, 3.8) is 0 Å². The fourth-order valence-corrected chi connectivity index (χ4v) is 3.47. The summed E-state index contributed by atoms with van der Waals surface area (Å²) in [5, 5.41) is 8.87. The zero-order valence-corrected chi connectivity index (χ0v) is 15.5. The fourth-order valence-electron chi connectivity index (χ4n) is 3.47. The van der Waals surface area contributed by atoms with E-state index in [2.05, 4.69) is 23.1 Å². The molecule has 26 heavy (non-hydrogen) atoms. The van der Waals surface area contributed by atoms with E-state index < -0.39 is 0 Å². The molecule has 136 valence electrons. The average Bonchev–Trinajstić information content (AvgIpc) is 2.97. The van der Waals surface area contributed by atoms with E-state index in [1.807, 2.05) is 36.4 Å². The number of hydrogen-bond donors (Lipinski definition) is 0. The number of benzene rings is 2. The lowest BCUT2D eigenvalue weighted by molar-refractivity contribution is 0.256. The summed E-state index contributed by atoms with van der Waals surface area (Å²) in [5.41, 5.74) is 2.95. The molecular formula is C23H28N2O. The van der Waals surface area contributed by atoms with Gasteiger partial charge in [0.2, 0.25) is 0 Å². The second kappa shape index (κ2) is 9.99. The first-order valence-electron chi connectivity index (χ1n) is 9.81. The van der Waals surface area contributed by atoms with Crippen LogP contribution in [-0.2, 0) is 0 Å². The molecule has 0 bridgehead atoms. The van der Waals surface area contributed by atoms with Gasteiger partial charge in [-0.3, -0.25) is 0 Å². The Hall–Kier alpha value is -2.31. The maximum Gasteiger partial charge on any atom is 0.119 e. The minimum atomic E-state index is 0.689. The quantitative estimate of drug-likeness (QED) is 0.640. The molecule has 0 spiro atoms. The van der Waals surface area contributed by atoms with Crippen LogP contribution in [0.3, 0.4) is 0 Å². The SMILES string of the molecule is N#Cc1ccc(-c2ccc(OCCCCN3CCCCCC3)cc2)cc1. The monoisotopic (exact) mass is 348 g/mol. The van der Waals surface area contributed by atoms with Gasteiger partial charge in [-0.25, -0.2) is 0 Å². The van der Waals surface area contributed by atoms with Crippen LogP contribution in [0.4, 0.5) is 0 Å². The number of unbranched alkanes of at least 4 members (excludes halogenated alkanes) is 1. The number of nitrogens with zero attached hydrogens (tertiary/aromatic N) is 2. The van der Waals surface area contributed by atoms with E-state index in [0.717, 1.165) is 29.9 Å². The van der Waals surface area contributed by atoms with Crippen molar-refractivity contribution in [2.24, 2.45) is 0 Å². The Morgan fingerprint density at radius 2 is 1.42 bits per heavy atom. The van der Waals surface area contributed by atoms with E-state index in [1.54, 1.807) is 0 Å². The summed E-state index contributed by atoms with van der Waals surface area (Å²) in [6.45, 7) is 4.54. The van der Waals surface area contributed by atoms with Crippen LogP contribution in [0.15, 0.2) is 48.5 Å². The fraction of sp³-hybridized carbons (Fsp3) is 0.435. The van der Waals surface area contributed by atoms with Gasteiger partial charge < -0.3 is 9.64 Å². The Morgan fingerprint density at radius 3 is 2.04 bits per heavy atom. The number of rotatable bonds is 7. The summed E-state index contributed by atoms with van der Waals surface area (Å²) >= 11 is 0. The smallest absolute Gasteiger partial charge is 0.119 e. The molecular weight excluding hydrogens is 320 g/mol. The van der Waals surface area contributed by atoms with Crippen molar-refractivity contribution < 1.29 is 4.74 Å². The number of hydrogen-bond acceptors (Lipinski definition) is 3. The van der Waals surface area contributed by atoms with Crippen LogP contribution in [0.25, 0.3) is 11.1 Å². The molecule has 1 heterocycles. The van der Waals surface area contributed by atoms with Crippen molar-refractivity contribution >= 4 is 0 Å². The summed E-state index contributed by atoms with van der Waals surface area (Å²) in [6.07, 6.45) is 7.84. The standard InChI is InChI=1S/C23H28N2O/c24-19-20-7-9-21(10-8-20)22-11-13-23(14-12-22)26-18-6-5-17-25-15-3-1-2-4-16-25/h7-14H,1-6,15-18H2. The van der Waals surface area contributed by atoms with Gasteiger partial charge in [-0.2, -0.15) is 5.26 Å². The zero-order valence-electron chi connectivity index (χ0n) is 15.5. The van der Waals surface area contributed by atoms with Crippen LogP contribution < -0.4 is 4.74 Å². The second-order valence-corrected chi connectivity index (χ2v) is 7.02. The molecule has 2 aromatic carbocycles. The van der Waals surface area contributed by atoms with E-state index in [1.165, 1.54) is 51.7 Å². The number of likely N-dealkylation sites (tertiary alicyclic amines) is 1. The molecule has 1 fully saturated rings. The molecule has 3 rings (SSSR count). The molecule has 3 nitrogen and oxygen atoms in total. The van der Waals surface area contributed by atoms with Crippen molar-refractivity contribution in [3.05, 3.63) is 54.1 Å². The molecule has 2 aromatic rings. The Balaban J connectivity index is 1.39. The highest BCUT2D eigenvalue weighted by Crippen LogP contribution is 2.23. The number of ether oxygens (including phenoxy) is 1. The van der Waals surface area contributed by atoms with Crippen LogP contribution in [0.5, 0.6) is 5.75 Å². The van der Waals surface area contributed by atoms with Gasteiger partial charge in [0.15, 0.2) is 0 Å². The maximum absolute atomic E-state index is 8.87. The van der Waals surface area contributed by atoms with Crippen molar-refractivity contribution in [2.75, 3.05) is 26.2 Å². The van der Waals surface area contributed by atoms with E-state index in [9.17, 15) is 0 Å². The molecule has 0 atom stereocenters. The lowest BCUT2D eigenvalue weighted by Gasteiger charge is -2.19. The predicted molar refractivity (Wildman–Crippen MR) is 106 cm³/mol. The molecule has 0 saturated carbocycles. The van der Waals surface area contributed by atoms with Crippen LogP contribution in [0.1, 0.15) is 44.1 Å². The van der Waals surface area contributed by atoms with Crippen LogP contribution >= 0.6 is 0 Å². The highest BCUT2D eigenvalue weighted by atomic mass is 16.5. The molecule has 3 heteroatoms. The number of nitriles is 1. The van der Waals surface area contributed by atoms with Crippen molar-refractivity contribution in [2.45, 2.75) is 38.5 Å². The third-order valence-electron chi connectivity index (χ3n) is 5.04. The lowest BCUT2D eigenvalue weighted by atomic mass is 10.0. The predicted octanol–water partition coefficient (Wildman–Crippen LogP) is 5.26. The van der Waals surface area contributed by atoms with Gasteiger partial charge in [-0.15, -0.1) is 0 Å². The van der Waals surface area contributed by atoms with Crippen molar-refractivity contribution in [3.8, 4) is 22.9 Å². The molecule has 1 aliphatic heterocycles. The largest absolute Gasteiger partial charge is 0.494 e. The molecule has 0 aromatic heterocycles. The summed E-state index contributed by atoms with van der Waals surface area (Å²) in [7, 11) is 0. The van der Waals surface area contributed by atoms with Crippen LogP contribution in [0.2, 0.25) is 0 Å². The van der Waals surface area contributed by atoms with E-state index in [4.69, 9.17) is 10.00 Å². The first kappa shape index (κ1) is 18.5. The van der Waals surface area contributed by atoms with Crippen LogP contribution in [-0.4, -0.2) is 31.1 Å². The molecule has 0 unspecified atom stereocenters. The molecule has 0 aliphatic carbocycles. The third-order valence-corrected chi connectivity index (χ3v) is 5.04. The second-order valence-electron chi connectivity index (χ2n) is 7.02. The minimum Gasteiger partial charge on any atom is -0.494 e. The summed E-state index contributed by atoms with van der Waals surface area (Å²) in [4.78, 5) is 2.61. The highest BCUT2D eigenvalue weighted by Gasteiger charge is 2.08. The van der Waals surface area contributed by atoms with Gasteiger partial charge in [-0.1, -0.05) is 37.1 Å². The molecule has 0 amide bonds. The van der Waals surface area contributed by atoms with Crippen molar-refractivity contribution in [1.29, 1.82) is 5.26 Å². The topological polar surface area (TPSA) is 36.3 Å². The van der Waals surface area contributed by atoms with Gasteiger partial charge in [0.1, 0.15) is 5.75 Å². The third kappa shape index (κ3) is 5.61. The van der Waals surface area contributed by atoms with Crippen LogP contribution in [0, 0.1) is 11.3 Å². The van der Waals surface area contributed by atoms with Gasteiger partial charge in [-0.05, 0) is 80.7 Å². The summed E-state index contributed by atoms with van der Waals surface area (Å²) < 4.78 is 5.89. The highest BCUT2D eigenvalue weighted by molar-refractivity contribution is 5.64. The average molecular weight is 348 g/mol. The van der Waals surface area contributed by atoms with E-state index in [0.29, 0.717) is 5.56 Å².